The minimum Gasteiger partial charge on any atom is -0.322 e. The summed E-state index contributed by atoms with van der Waals surface area (Å²) in [5.41, 5.74) is 3.38. The average Bonchev–Trinajstić information content (AvgIpc) is 3.01. The molecule has 1 amide bonds. The number of nitrogens with one attached hydrogen (secondary N) is 2. The minimum atomic E-state index is -0.485. The lowest BCUT2D eigenvalue weighted by atomic mass is 9.96. The lowest BCUT2D eigenvalue weighted by Gasteiger charge is -2.08. The molecule has 144 valence electrons. The summed E-state index contributed by atoms with van der Waals surface area (Å²) < 4.78 is 15.8. The van der Waals surface area contributed by atoms with Crippen molar-refractivity contribution in [1.29, 1.82) is 0 Å². The third kappa shape index (κ3) is 3.79. The topological polar surface area (TPSA) is 71.8 Å². The van der Waals surface area contributed by atoms with Crippen LogP contribution < -0.4 is 16.1 Å². The van der Waals surface area contributed by atoms with E-state index in [-0.39, 0.29) is 22.3 Å². The Kier molecular flexibility index (Phi) is 4.94. The molecule has 0 saturated heterocycles. The van der Waals surface area contributed by atoms with Crippen LogP contribution >= 0.6 is 11.6 Å². The summed E-state index contributed by atoms with van der Waals surface area (Å²) >= 11 is 6.08. The van der Waals surface area contributed by atoms with Crippen LogP contribution in [0.3, 0.4) is 0 Å². The number of fused-ring (bicyclic) bond motifs is 1. The molecule has 2 N–H and O–H groups in total. The number of para-hydroxylation sites is 1. The quantitative estimate of drug-likeness (QED) is 0.510. The van der Waals surface area contributed by atoms with Crippen molar-refractivity contribution in [2.75, 3.05) is 10.6 Å². The Labute approximate surface area is 172 Å². The normalized spacial score (nSPS) is 10.9. The molecule has 0 bridgehead atoms. The van der Waals surface area contributed by atoms with Crippen molar-refractivity contribution < 1.29 is 9.18 Å². The van der Waals surface area contributed by atoms with Gasteiger partial charge >= 0.3 is 0 Å². The first-order valence-electron chi connectivity index (χ1n) is 8.84. The van der Waals surface area contributed by atoms with Crippen LogP contribution in [0.1, 0.15) is 10.5 Å². The molecule has 0 atom stereocenters. The van der Waals surface area contributed by atoms with E-state index in [9.17, 15) is 9.18 Å². The first-order chi connectivity index (χ1) is 13.9. The predicted molar refractivity (Wildman–Crippen MR) is 116 cm³/mol. The first-order valence-corrected chi connectivity index (χ1v) is 9.21. The fraction of sp³-hybridized carbons (Fsp3) is 0.0500. The highest BCUT2D eigenvalue weighted by molar-refractivity contribution is 6.33. The fourth-order valence-corrected chi connectivity index (χ4v) is 3.10. The van der Waals surface area contributed by atoms with Crippen LogP contribution in [0, 0.1) is 5.82 Å². The van der Waals surface area contributed by atoms with Gasteiger partial charge in [0.15, 0.2) is 0 Å². The van der Waals surface area contributed by atoms with Gasteiger partial charge in [-0.05, 0) is 30.3 Å². The maximum Gasteiger partial charge on any atom is 0.274 e. The Bertz CT molecular complexity index is 1210. The monoisotopic (exact) mass is 407 g/mol. The Morgan fingerprint density at radius 3 is 2.69 bits per heavy atom. The Balaban J connectivity index is 1.63. The van der Waals surface area contributed by atoms with E-state index in [4.69, 9.17) is 11.6 Å². The Morgan fingerprint density at radius 1 is 1.21 bits per heavy atom. The van der Waals surface area contributed by atoms with Crippen LogP contribution in [0.2, 0.25) is 5.02 Å². The number of imidazole rings is 1. The van der Waals surface area contributed by atoms with Gasteiger partial charge in [-0.1, -0.05) is 35.3 Å². The van der Waals surface area contributed by atoms with Gasteiger partial charge in [0.2, 0.25) is 5.95 Å². The van der Waals surface area contributed by atoms with Gasteiger partial charge in [-0.2, -0.15) is 0 Å². The molecule has 0 aliphatic carbocycles. The summed E-state index contributed by atoms with van der Waals surface area (Å²) in [6.45, 7) is 0. The number of amides is 1. The summed E-state index contributed by atoms with van der Waals surface area (Å²) in [6, 6.07) is 13.5. The second kappa shape index (κ2) is 7.56. The van der Waals surface area contributed by atoms with Gasteiger partial charge < -0.3 is 15.2 Å². The first kappa shape index (κ1) is 19.0. The summed E-state index contributed by atoms with van der Waals surface area (Å²) in [6.07, 6.45) is 1.56. The van der Waals surface area contributed by atoms with Gasteiger partial charge in [-0.25, -0.2) is 14.4 Å². The highest BCUT2D eigenvalue weighted by Gasteiger charge is 2.15. The van der Waals surface area contributed by atoms with Crippen molar-refractivity contribution in [3.63, 3.8) is 0 Å². The van der Waals surface area contributed by atoms with Gasteiger partial charge in [-0.3, -0.25) is 4.79 Å². The molecule has 9 heteroatoms. The van der Waals surface area contributed by atoms with Gasteiger partial charge in [-0.15, -0.1) is 0 Å². The maximum absolute atomic E-state index is 14.1. The van der Waals surface area contributed by atoms with Crippen molar-refractivity contribution >= 4 is 59.2 Å². The number of aryl methyl sites for hydroxylation is 1. The number of pyridine rings is 1. The van der Waals surface area contributed by atoms with Crippen molar-refractivity contribution in [2.24, 2.45) is 7.05 Å². The highest BCUT2D eigenvalue weighted by atomic mass is 35.5. The van der Waals surface area contributed by atoms with Crippen LogP contribution in [0.15, 0.2) is 54.7 Å². The van der Waals surface area contributed by atoms with Crippen LogP contribution in [-0.4, -0.2) is 28.3 Å². The molecule has 0 aliphatic rings. The molecular formula is C20H16BClFN5O. The van der Waals surface area contributed by atoms with E-state index in [1.807, 2.05) is 32.1 Å². The van der Waals surface area contributed by atoms with Gasteiger partial charge in [0, 0.05) is 12.7 Å². The lowest BCUT2D eigenvalue weighted by molar-refractivity contribution is 0.102. The number of carbonyl (C=O) groups is 1. The Morgan fingerprint density at radius 2 is 1.97 bits per heavy atom. The number of rotatable bonds is 4. The number of hydrogen-bond acceptors (Lipinski definition) is 4. The standard InChI is InChI=1S/C20H16BClFN5O/c1-28-17-10-24-16(19(29)25-12-7-5-11(21)6-8-12)9-15(17)26-20(28)27-18-13(22)3-2-4-14(18)23/h2-10H,21H2,1H3,(H,25,29)(H,26,27). The van der Waals surface area contributed by atoms with Gasteiger partial charge in [0.25, 0.3) is 5.91 Å². The SMILES string of the molecule is Bc1ccc(NC(=O)c2cc3nc(Nc4c(F)cccc4Cl)n(C)c3cn2)cc1. The van der Waals surface area contributed by atoms with E-state index < -0.39 is 5.82 Å². The van der Waals surface area contributed by atoms with Crippen LogP contribution in [-0.2, 0) is 7.05 Å². The number of anilines is 3. The Hall–Kier alpha value is -3.39. The van der Waals surface area contributed by atoms with Crippen molar-refractivity contribution in [1.82, 2.24) is 14.5 Å². The summed E-state index contributed by atoms with van der Waals surface area (Å²) in [5, 5.41) is 5.96. The molecular weight excluding hydrogens is 392 g/mol. The number of carbonyl (C=O) groups excluding carboxylic acids is 1. The van der Waals surface area contributed by atoms with E-state index in [1.54, 1.807) is 29.9 Å². The number of aromatic nitrogens is 3. The molecule has 0 unspecified atom stereocenters. The summed E-state index contributed by atoms with van der Waals surface area (Å²) in [4.78, 5) is 21.2. The number of hydrogen-bond donors (Lipinski definition) is 2. The summed E-state index contributed by atoms with van der Waals surface area (Å²) in [7, 11) is 3.74. The lowest BCUT2D eigenvalue weighted by Crippen LogP contribution is -2.14. The molecule has 6 nitrogen and oxygen atoms in total. The molecule has 0 fully saturated rings. The third-order valence-corrected chi connectivity index (χ3v) is 4.82. The van der Waals surface area contributed by atoms with Crippen molar-refractivity contribution in [2.45, 2.75) is 0 Å². The van der Waals surface area contributed by atoms with Crippen LogP contribution in [0.5, 0.6) is 0 Å². The average molecular weight is 408 g/mol. The van der Waals surface area contributed by atoms with Crippen molar-refractivity contribution in [3.05, 3.63) is 71.3 Å². The molecule has 2 aromatic carbocycles. The maximum atomic E-state index is 14.1. The molecule has 0 saturated carbocycles. The van der Waals surface area contributed by atoms with Gasteiger partial charge in [0.05, 0.1) is 27.9 Å². The zero-order valence-electron chi connectivity index (χ0n) is 15.7. The number of benzene rings is 2. The molecule has 4 aromatic rings. The molecule has 4 rings (SSSR count). The van der Waals surface area contributed by atoms with Gasteiger partial charge in [0.1, 0.15) is 19.4 Å². The van der Waals surface area contributed by atoms with E-state index in [0.29, 0.717) is 22.7 Å². The van der Waals surface area contributed by atoms with E-state index in [1.165, 1.54) is 12.1 Å². The predicted octanol–water partition coefficient (Wildman–Crippen LogP) is 3.02. The third-order valence-electron chi connectivity index (χ3n) is 4.51. The van der Waals surface area contributed by atoms with Crippen molar-refractivity contribution in [3.8, 4) is 0 Å². The van der Waals surface area contributed by atoms with E-state index in [2.05, 4.69) is 20.6 Å². The zero-order chi connectivity index (χ0) is 20.5. The highest BCUT2D eigenvalue weighted by Crippen LogP contribution is 2.29. The molecule has 0 aliphatic heterocycles. The van der Waals surface area contributed by atoms with Crippen LogP contribution in [0.25, 0.3) is 11.0 Å². The molecule has 29 heavy (non-hydrogen) atoms. The second-order valence-electron chi connectivity index (χ2n) is 6.59. The van der Waals surface area contributed by atoms with E-state index in [0.717, 1.165) is 5.46 Å². The minimum absolute atomic E-state index is 0.137. The molecule has 2 aromatic heterocycles. The summed E-state index contributed by atoms with van der Waals surface area (Å²) in [5.74, 6) is -0.446. The molecule has 2 heterocycles. The molecule has 0 radical (unpaired) electrons. The van der Waals surface area contributed by atoms with E-state index >= 15 is 0 Å². The zero-order valence-corrected chi connectivity index (χ0v) is 16.5. The second-order valence-corrected chi connectivity index (χ2v) is 7.00. The number of nitrogens with zero attached hydrogens (tertiary/aromatic N) is 3. The smallest absolute Gasteiger partial charge is 0.274 e. The van der Waals surface area contributed by atoms with Crippen LogP contribution in [0.4, 0.5) is 21.7 Å². The molecule has 0 spiro atoms. The largest absolute Gasteiger partial charge is 0.322 e. The number of halogens is 2. The fourth-order valence-electron chi connectivity index (χ4n) is 2.89.